The van der Waals surface area contributed by atoms with Gasteiger partial charge in [-0.3, -0.25) is 9.59 Å². The summed E-state index contributed by atoms with van der Waals surface area (Å²) >= 11 is 0. The Morgan fingerprint density at radius 1 is 1.25 bits per heavy atom. The summed E-state index contributed by atoms with van der Waals surface area (Å²) in [5, 5.41) is 0. The van der Waals surface area contributed by atoms with Crippen molar-refractivity contribution < 1.29 is 14.3 Å². The molecule has 6 atom stereocenters. The summed E-state index contributed by atoms with van der Waals surface area (Å²) in [6.45, 7) is 11.1. The van der Waals surface area contributed by atoms with E-state index in [4.69, 9.17) is 4.74 Å². The summed E-state index contributed by atoms with van der Waals surface area (Å²) in [7, 11) is 1.75. The highest BCUT2D eigenvalue weighted by Crippen LogP contribution is 2.60. The number of methoxy groups -OCH3 is 1. The number of hydrogen-bond acceptors (Lipinski definition) is 3. The van der Waals surface area contributed by atoms with Crippen molar-refractivity contribution in [3.8, 4) is 0 Å². The molecule has 3 heteroatoms. The first-order chi connectivity index (χ1) is 11.3. The molecule has 0 aliphatic heterocycles. The predicted molar refractivity (Wildman–Crippen MR) is 94.6 cm³/mol. The quantitative estimate of drug-likeness (QED) is 0.574. The van der Waals surface area contributed by atoms with Crippen LogP contribution in [0.3, 0.4) is 0 Å². The summed E-state index contributed by atoms with van der Waals surface area (Å²) in [6.07, 6.45) is 5.87. The van der Waals surface area contributed by atoms with Crippen molar-refractivity contribution in [2.45, 2.75) is 59.3 Å². The zero-order chi connectivity index (χ0) is 17.7. The highest BCUT2D eigenvalue weighted by molar-refractivity contribution is 6.15. The van der Waals surface area contributed by atoms with Crippen LogP contribution < -0.4 is 0 Å². The second-order valence-corrected chi connectivity index (χ2v) is 8.88. The third kappa shape index (κ3) is 2.34. The maximum absolute atomic E-state index is 13.1. The maximum Gasteiger partial charge on any atom is 0.172 e. The van der Waals surface area contributed by atoms with Gasteiger partial charge in [0.25, 0.3) is 0 Å². The molecule has 3 aliphatic carbocycles. The van der Waals surface area contributed by atoms with Gasteiger partial charge in [0.2, 0.25) is 0 Å². The third-order valence-corrected chi connectivity index (χ3v) is 7.70. The van der Waals surface area contributed by atoms with E-state index in [-0.39, 0.29) is 28.8 Å². The van der Waals surface area contributed by atoms with Crippen LogP contribution in [0.1, 0.15) is 59.3 Å². The summed E-state index contributed by atoms with van der Waals surface area (Å²) in [6, 6.07) is 0. The molecule has 3 fully saturated rings. The summed E-state index contributed by atoms with van der Waals surface area (Å²) in [4.78, 5) is 26.2. The van der Waals surface area contributed by atoms with Gasteiger partial charge in [0.1, 0.15) is 5.78 Å². The van der Waals surface area contributed by atoms with Crippen LogP contribution in [0.25, 0.3) is 0 Å². The van der Waals surface area contributed by atoms with E-state index in [0.717, 1.165) is 25.7 Å². The Morgan fingerprint density at radius 3 is 2.58 bits per heavy atom. The Kier molecular flexibility index (Phi) is 4.53. The number of carbonyl (C=O) groups is 2. The average Bonchev–Trinajstić information content (AvgIpc) is 2.54. The highest BCUT2D eigenvalue weighted by Gasteiger charge is 2.62. The molecule has 0 radical (unpaired) electrons. The SMILES string of the molecule is C=C1C(=O)C2(C)C(=O)CC3C(CCC[C@@]3(C)COC)C2C[C@@H]1CC. The largest absolute Gasteiger partial charge is 0.384 e. The van der Waals surface area contributed by atoms with E-state index >= 15 is 0 Å². The van der Waals surface area contributed by atoms with Gasteiger partial charge >= 0.3 is 0 Å². The monoisotopic (exact) mass is 332 g/mol. The lowest BCUT2D eigenvalue weighted by Gasteiger charge is -2.58. The van der Waals surface area contributed by atoms with Gasteiger partial charge in [-0.05, 0) is 67.3 Å². The molecule has 0 aromatic heterocycles. The van der Waals surface area contributed by atoms with E-state index < -0.39 is 5.41 Å². The Hall–Kier alpha value is -0.960. The van der Waals surface area contributed by atoms with Crippen LogP contribution in [0.4, 0.5) is 0 Å². The molecule has 3 rings (SSSR count). The lowest BCUT2D eigenvalue weighted by molar-refractivity contribution is -0.162. The van der Waals surface area contributed by atoms with Gasteiger partial charge in [0.05, 0.1) is 12.0 Å². The minimum Gasteiger partial charge on any atom is -0.384 e. The molecule has 3 nitrogen and oxygen atoms in total. The predicted octanol–water partition coefficient (Wildman–Crippen LogP) is 4.21. The lowest BCUT2D eigenvalue weighted by atomic mass is 9.45. The number of hydrogen-bond donors (Lipinski definition) is 0. The fourth-order valence-corrected chi connectivity index (χ4v) is 6.17. The molecular formula is C21H32O3. The fourth-order valence-electron chi connectivity index (χ4n) is 6.17. The number of rotatable bonds is 3. The standard InChI is InChI=1S/C21H32O3/c1-6-14-10-17-15-8-7-9-20(3,12-24-5)16(15)11-18(22)21(17,4)19(23)13(14)2/h14-17H,2,6-12H2,1,3-5H3/t14-,15?,16?,17?,20-,21?/m0/s1. The summed E-state index contributed by atoms with van der Waals surface area (Å²) in [5.74, 6) is 1.44. The van der Waals surface area contributed by atoms with Crippen LogP contribution in [0.5, 0.6) is 0 Å². The molecule has 0 spiro atoms. The van der Waals surface area contributed by atoms with E-state index in [1.54, 1.807) is 7.11 Å². The van der Waals surface area contributed by atoms with Crippen LogP contribution >= 0.6 is 0 Å². The normalized spacial score (nSPS) is 45.8. The van der Waals surface area contributed by atoms with Gasteiger partial charge in [0.15, 0.2) is 5.78 Å². The first-order valence-corrected chi connectivity index (χ1v) is 9.55. The third-order valence-electron chi connectivity index (χ3n) is 7.70. The van der Waals surface area contributed by atoms with E-state index in [9.17, 15) is 9.59 Å². The van der Waals surface area contributed by atoms with Gasteiger partial charge in [-0.1, -0.05) is 26.8 Å². The Bertz CT molecular complexity index is 561. The number of ether oxygens (including phenoxy) is 1. The van der Waals surface area contributed by atoms with Crippen LogP contribution in [0.15, 0.2) is 12.2 Å². The van der Waals surface area contributed by atoms with Crippen molar-refractivity contribution in [3.63, 3.8) is 0 Å². The maximum atomic E-state index is 13.1. The Labute approximate surface area is 146 Å². The average molecular weight is 332 g/mol. The van der Waals surface area contributed by atoms with Crippen LogP contribution in [-0.4, -0.2) is 25.3 Å². The van der Waals surface area contributed by atoms with Crippen molar-refractivity contribution in [1.82, 2.24) is 0 Å². The van der Waals surface area contributed by atoms with E-state index in [0.29, 0.717) is 30.4 Å². The molecule has 0 aromatic rings. The number of fused-ring (bicyclic) bond motifs is 3. The van der Waals surface area contributed by atoms with Crippen LogP contribution in [0.2, 0.25) is 0 Å². The van der Waals surface area contributed by atoms with Gasteiger partial charge in [-0.2, -0.15) is 0 Å². The van der Waals surface area contributed by atoms with Crippen molar-refractivity contribution in [2.75, 3.05) is 13.7 Å². The molecule has 3 saturated carbocycles. The molecule has 0 saturated heterocycles. The topological polar surface area (TPSA) is 43.4 Å². The van der Waals surface area contributed by atoms with Crippen molar-refractivity contribution in [1.29, 1.82) is 0 Å². The minimum absolute atomic E-state index is 0.0352. The van der Waals surface area contributed by atoms with Crippen LogP contribution in [-0.2, 0) is 14.3 Å². The second kappa shape index (κ2) is 6.09. The first kappa shape index (κ1) is 17.8. The molecule has 24 heavy (non-hydrogen) atoms. The molecule has 0 amide bonds. The highest BCUT2D eigenvalue weighted by atomic mass is 16.5. The molecule has 0 bridgehead atoms. The first-order valence-electron chi connectivity index (χ1n) is 9.55. The molecule has 3 aliphatic rings. The van der Waals surface area contributed by atoms with E-state index in [1.165, 1.54) is 6.42 Å². The number of allylic oxidation sites excluding steroid dienone is 1. The van der Waals surface area contributed by atoms with Crippen molar-refractivity contribution >= 4 is 11.6 Å². The fraction of sp³-hybridized carbons (Fsp3) is 0.810. The zero-order valence-corrected chi connectivity index (χ0v) is 15.7. The summed E-state index contributed by atoms with van der Waals surface area (Å²) in [5.41, 5.74) is -0.0677. The Balaban J connectivity index is 2.01. The van der Waals surface area contributed by atoms with E-state index in [2.05, 4.69) is 20.4 Å². The number of ketones is 2. The molecule has 0 heterocycles. The molecule has 4 unspecified atom stereocenters. The minimum atomic E-state index is -0.824. The zero-order valence-electron chi connectivity index (χ0n) is 15.7. The Morgan fingerprint density at radius 2 is 1.96 bits per heavy atom. The number of carbonyl (C=O) groups excluding carboxylic acids is 2. The molecule has 134 valence electrons. The van der Waals surface area contributed by atoms with Crippen molar-refractivity contribution in [3.05, 3.63) is 12.2 Å². The second-order valence-electron chi connectivity index (χ2n) is 8.88. The summed E-state index contributed by atoms with van der Waals surface area (Å²) < 4.78 is 5.52. The van der Waals surface area contributed by atoms with Gasteiger partial charge in [0, 0.05) is 13.5 Å². The number of Topliss-reactive ketones (excluding diaryl/α,β-unsaturated/α-hetero) is 2. The van der Waals surface area contributed by atoms with Crippen molar-refractivity contribution in [2.24, 2.45) is 34.5 Å². The van der Waals surface area contributed by atoms with Gasteiger partial charge < -0.3 is 4.74 Å². The van der Waals surface area contributed by atoms with Gasteiger partial charge in [-0.25, -0.2) is 0 Å². The van der Waals surface area contributed by atoms with Gasteiger partial charge in [-0.15, -0.1) is 0 Å². The molecular weight excluding hydrogens is 300 g/mol. The molecule has 0 N–H and O–H groups in total. The van der Waals surface area contributed by atoms with Crippen LogP contribution in [0, 0.1) is 34.5 Å². The van der Waals surface area contributed by atoms with E-state index in [1.807, 2.05) is 6.92 Å². The lowest BCUT2D eigenvalue weighted by Crippen LogP contribution is -2.60. The smallest absolute Gasteiger partial charge is 0.172 e. The molecule has 0 aromatic carbocycles.